The van der Waals surface area contributed by atoms with E-state index in [0.717, 1.165) is 55.6 Å². The number of nitrogens with one attached hydrogen (secondary N) is 2. The van der Waals surface area contributed by atoms with E-state index < -0.39 is 0 Å². The second kappa shape index (κ2) is 9.78. The molecule has 1 saturated heterocycles. The van der Waals surface area contributed by atoms with Crippen LogP contribution in [0.25, 0.3) is 0 Å². The Labute approximate surface area is 171 Å². The number of aromatic nitrogens is 2. The third kappa shape index (κ3) is 4.95. The highest BCUT2D eigenvalue weighted by atomic mass is 35.5. The second-order valence-corrected chi connectivity index (χ2v) is 7.45. The van der Waals surface area contributed by atoms with Crippen LogP contribution in [0.15, 0.2) is 33.9 Å². The van der Waals surface area contributed by atoms with Gasteiger partial charge in [0.05, 0.1) is 17.3 Å². The molecule has 1 aliphatic heterocycles. The Hall–Kier alpha value is -2.28. The fraction of sp³-hybridized carbons (Fsp3) is 0.550. The van der Waals surface area contributed by atoms with Crippen molar-refractivity contribution in [3.05, 3.63) is 40.9 Å². The third-order valence-corrected chi connectivity index (χ3v) is 5.50. The highest BCUT2D eigenvalue weighted by molar-refractivity contribution is 6.32. The number of halogens is 1. The van der Waals surface area contributed by atoms with Gasteiger partial charge < -0.3 is 20.1 Å². The van der Waals surface area contributed by atoms with Crippen LogP contribution < -0.4 is 15.5 Å². The van der Waals surface area contributed by atoms with Crippen LogP contribution in [0.1, 0.15) is 50.5 Å². The van der Waals surface area contributed by atoms with Gasteiger partial charge in [0.2, 0.25) is 0 Å². The van der Waals surface area contributed by atoms with Gasteiger partial charge in [0, 0.05) is 44.4 Å². The lowest BCUT2D eigenvalue weighted by Gasteiger charge is -2.20. The van der Waals surface area contributed by atoms with Gasteiger partial charge in [-0.25, -0.2) is 4.98 Å². The molecule has 0 amide bonds. The van der Waals surface area contributed by atoms with Gasteiger partial charge >= 0.3 is 0 Å². The van der Waals surface area contributed by atoms with Gasteiger partial charge in [-0.15, -0.1) is 0 Å². The average molecular weight is 405 g/mol. The summed E-state index contributed by atoms with van der Waals surface area (Å²) in [6.45, 7) is 6.64. The monoisotopic (exact) mass is 404 g/mol. The molecule has 1 atom stereocenters. The zero-order chi connectivity index (χ0) is 19.9. The SMILES string of the molecule is CCC(CC)c1cc(CNC(=NC)NC2CCN(c3ncccc3Cl)C2)on1. The Morgan fingerprint density at radius 1 is 1.43 bits per heavy atom. The molecule has 7 nitrogen and oxygen atoms in total. The number of hydrogen-bond acceptors (Lipinski definition) is 5. The maximum atomic E-state index is 6.27. The smallest absolute Gasteiger partial charge is 0.191 e. The van der Waals surface area contributed by atoms with Crippen molar-refractivity contribution in [1.29, 1.82) is 0 Å². The number of hydrogen-bond donors (Lipinski definition) is 2. The summed E-state index contributed by atoms with van der Waals surface area (Å²) in [5.74, 6) is 2.86. The molecule has 0 saturated carbocycles. The van der Waals surface area contributed by atoms with E-state index in [4.69, 9.17) is 16.1 Å². The maximum Gasteiger partial charge on any atom is 0.191 e. The zero-order valence-corrected chi connectivity index (χ0v) is 17.5. The first-order chi connectivity index (χ1) is 13.6. The Balaban J connectivity index is 1.51. The second-order valence-electron chi connectivity index (χ2n) is 7.04. The standard InChI is InChI=1S/C20H29ClN6O/c1-4-14(5-2)18-11-16(28-26-18)12-24-20(22-3)25-15-8-10-27(13-15)19-17(21)7-6-9-23-19/h6-7,9,11,14-15H,4-5,8,10,12-13H2,1-3H3,(H2,22,24,25). The molecule has 0 spiro atoms. The molecule has 1 fully saturated rings. The van der Waals surface area contributed by atoms with Crippen molar-refractivity contribution in [2.75, 3.05) is 25.0 Å². The number of rotatable bonds is 7. The number of guanidine groups is 1. The minimum Gasteiger partial charge on any atom is -0.359 e. The van der Waals surface area contributed by atoms with Crippen LogP contribution in [0, 0.1) is 0 Å². The molecule has 3 heterocycles. The minimum atomic E-state index is 0.277. The molecule has 2 N–H and O–H groups in total. The maximum absolute atomic E-state index is 6.27. The summed E-state index contributed by atoms with van der Waals surface area (Å²) in [5.41, 5.74) is 1.03. The van der Waals surface area contributed by atoms with Crippen molar-refractivity contribution in [2.24, 2.45) is 4.99 Å². The molecule has 3 rings (SSSR count). The Bertz CT molecular complexity index is 789. The molecular formula is C20H29ClN6O. The van der Waals surface area contributed by atoms with Crippen LogP contribution in [0.3, 0.4) is 0 Å². The topological polar surface area (TPSA) is 78.6 Å². The van der Waals surface area contributed by atoms with Crippen molar-refractivity contribution >= 4 is 23.4 Å². The van der Waals surface area contributed by atoms with Crippen LogP contribution in [0.4, 0.5) is 5.82 Å². The van der Waals surface area contributed by atoms with Gasteiger partial charge in [-0.2, -0.15) is 0 Å². The van der Waals surface area contributed by atoms with E-state index in [0.29, 0.717) is 17.5 Å². The first-order valence-corrected chi connectivity index (χ1v) is 10.3. The molecular weight excluding hydrogens is 376 g/mol. The molecule has 1 aliphatic rings. The molecule has 0 bridgehead atoms. The zero-order valence-electron chi connectivity index (χ0n) is 16.8. The van der Waals surface area contributed by atoms with E-state index in [1.807, 2.05) is 18.2 Å². The van der Waals surface area contributed by atoms with E-state index in [9.17, 15) is 0 Å². The summed E-state index contributed by atoms with van der Waals surface area (Å²) >= 11 is 6.27. The minimum absolute atomic E-state index is 0.277. The number of aliphatic imine (C=N–C) groups is 1. The number of pyridine rings is 1. The first-order valence-electron chi connectivity index (χ1n) is 9.92. The van der Waals surface area contributed by atoms with Gasteiger partial charge in [0.1, 0.15) is 5.82 Å². The lowest BCUT2D eigenvalue weighted by molar-refractivity contribution is 0.368. The van der Waals surface area contributed by atoms with Crippen LogP contribution >= 0.6 is 11.6 Å². The fourth-order valence-corrected chi connectivity index (χ4v) is 3.79. The Kier molecular flexibility index (Phi) is 7.14. The van der Waals surface area contributed by atoms with Crippen LogP contribution in [-0.4, -0.2) is 42.3 Å². The molecule has 2 aromatic heterocycles. The largest absolute Gasteiger partial charge is 0.359 e. The molecule has 0 radical (unpaired) electrons. The Morgan fingerprint density at radius 3 is 2.96 bits per heavy atom. The Morgan fingerprint density at radius 2 is 2.25 bits per heavy atom. The quantitative estimate of drug-likeness (QED) is 0.542. The molecule has 1 unspecified atom stereocenters. The van der Waals surface area contributed by atoms with Crippen LogP contribution in [0.5, 0.6) is 0 Å². The van der Waals surface area contributed by atoms with Crippen molar-refractivity contribution in [3.63, 3.8) is 0 Å². The first kappa shape index (κ1) is 20.5. The molecule has 8 heteroatoms. The number of anilines is 1. The van der Waals surface area contributed by atoms with Crippen molar-refractivity contribution in [1.82, 2.24) is 20.8 Å². The van der Waals surface area contributed by atoms with Gasteiger partial charge in [0.15, 0.2) is 11.7 Å². The van der Waals surface area contributed by atoms with E-state index in [1.165, 1.54) is 0 Å². The van der Waals surface area contributed by atoms with E-state index in [-0.39, 0.29) is 6.04 Å². The summed E-state index contributed by atoms with van der Waals surface area (Å²) in [7, 11) is 1.77. The highest BCUT2D eigenvalue weighted by Gasteiger charge is 2.25. The van der Waals surface area contributed by atoms with Crippen LogP contribution in [-0.2, 0) is 6.54 Å². The molecule has 28 heavy (non-hydrogen) atoms. The summed E-state index contributed by atoms with van der Waals surface area (Å²) in [5, 5.41) is 11.7. The van der Waals surface area contributed by atoms with Gasteiger partial charge in [-0.1, -0.05) is 30.6 Å². The summed E-state index contributed by atoms with van der Waals surface area (Å²) in [6, 6.07) is 6.04. The van der Waals surface area contributed by atoms with Gasteiger partial charge in [0.25, 0.3) is 0 Å². The average Bonchev–Trinajstić information content (AvgIpc) is 3.36. The van der Waals surface area contributed by atoms with Crippen molar-refractivity contribution < 1.29 is 4.52 Å². The predicted molar refractivity (Wildman–Crippen MR) is 113 cm³/mol. The van der Waals surface area contributed by atoms with Gasteiger partial charge in [-0.3, -0.25) is 4.99 Å². The van der Waals surface area contributed by atoms with Crippen molar-refractivity contribution in [3.8, 4) is 0 Å². The summed E-state index contributed by atoms with van der Waals surface area (Å²) in [4.78, 5) is 10.9. The molecule has 152 valence electrons. The lowest BCUT2D eigenvalue weighted by Crippen LogP contribution is -2.44. The summed E-state index contributed by atoms with van der Waals surface area (Å²) in [6.07, 6.45) is 4.90. The molecule has 0 aliphatic carbocycles. The van der Waals surface area contributed by atoms with Crippen LogP contribution in [0.2, 0.25) is 5.02 Å². The third-order valence-electron chi connectivity index (χ3n) is 5.20. The van der Waals surface area contributed by atoms with Gasteiger partial charge in [-0.05, 0) is 31.4 Å². The van der Waals surface area contributed by atoms with E-state index >= 15 is 0 Å². The predicted octanol–water partition coefficient (Wildman–Crippen LogP) is 3.57. The number of nitrogens with zero attached hydrogens (tertiary/aromatic N) is 4. The highest BCUT2D eigenvalue weighted by Crippen LogP contribution is 2.26. The molecule has 0 aromatic carbocycles. The van der Waals surface area contributed by atoms with E-state index in [2.05, 4.69) is 44.5 Å². The summed E-state index contributed by atoms with van der Waals surface area (Å²) < 4.78 is 5.48. The normalized spacial score (nSPS) is 17.4. The fourth-order valence-electron chi connectivity index (χ4n) is 3.55. The van der Waals surface area contributed by atoms with E-state index in [1.54, 1.807) is 13.2 Å². The molecule has 2 aromatic rings. The lowest BCUT2D eigenvalue weighted by atomic mass is 9.99. The van der Waals surface area contributed by atoms with Crippen molar-refractivity contribution in [2.45, 2.75) is 51.6 Å².